The molecule has 0 amide bonds. The Labute approximate surface area is 144 Å². The van der Waals surface area contributed by atoms with Crippen LogP contribution in [0.25, 0.3) is 0 Å². The zero-order valence-electron chi connectivity index (χ0n) is 13.4. The van der Waals surface area contributed by atoms with Gasteiger partial charge in [-0.2, -0.15) is 13.2 Å². The van der Waals surface area contributed by atoms with Crippen molar-refractivity contribution in [3.05, 3.63) is 64.7 Å². The molecule has 0 fully saturated rings. The Kier molecular flexibility index (Phi) is 4.88. The molecular formula is C18H18F3NO2S. The fraction of sp³-hybridized carbons (Fsp3) is 0.333. The van der Waals surface area contributed by atoms with E-state index in [0.717, 1.165) is 37.0 Å². The summed E-state index contributed by atoms with van der Waals surface area (Å²) < 4.78 is 64.8. The summed E-state index contributed by atoms with van der Waals surface area (Å²) in [6.07, 6.45) is -1.13. The number of alkyl halides is 3. The minimum Gasteiger partial charge on any atom is -0.211 e. The lowest BCUT2D eigenvalue weighted by Crippen LogP contribution is -2.26. The molecule has 0 atom stereocenters. The Bertz CT molecular complexity index is 859. The maximum atomic E-state index is 12.5. The Morgan fingerprint density at radius 1 is 0.960 bits per heavy atom. The van der Waals surface area contributed by atoms with Crippen LogP contribution in [-0.2, 0) is 35.5 Å². The van der Waals surface area contributed by atoms with Crippen LogP contribution in [0, 0.1) is 0 Å². The van der Waals surface area contributed by atoms with Gasteiger partial charge < -0.3 is 0 Å². The van der Waals surface area contributed by atoms with Gasteiger partial charge in [0.25, 0.3) is 0 Å². The van der Waals surface area contributed by atoms with E-state index in [1.54, 1.807) is 12.1 Å². The SMILES string of the molecule is O=S(=O)(NCCc1ccc(C(F)(F)F)cc1)c1ccc2c(c1)CCC2. The fourth-order valence-corrected chi connectivity index (χ4v) is 4.07. The van der Waals surface area contributed by atoms with Crippen LogP contribution in [0.15, 0.2) is 47.4 Å². The van der Waals surface area contributed by atoms with Crippen LogP contribution in [0.4, 0.5) is 13.2 Å². The van der Waals surface area contributed by atoms with Gasteiger partial charge in [-0.3, -0.25) is 0 Å². The first-order valence-electron chi connectivity index (χ1n) is 8.03. The van der Waals surface area contributed by atoms with Gasteiger partial charge in [0.15, 0.2) is 0 Å². The quantitative estimate of drug-likeness (QED) is 0.873. The van der Waals surface area contributed by atoms with Crippen molar-refractivity contribution >= 4 is 10.0 Å². The summed E-state index contributed by atoms with van der Waals surface area (Å²) in [5.41, 5.74) is 2.20. The topological polar surface area (TPSA) is 46.2 Å². The van der Waals surface area contributed by atoms with E-state index in [0.29, 0.717) is 12.0 Å². The van der Waals surface area contributed by atoms with Crippen LogP contribution in [-0.4, -0.2) is 15.0 Å². The number of benzene rings is 2. The van der Waals surface area contributed by atoms with Crippen molar-refractivity contribution in [2.45, 2.75) is 36.8 Å². The van der Waals surface area contributed by atoms with Crippen molar-refractivity contribution in [1.29, 1.82) is 0 Å². The Morgan fingerprint density at radius 3 is 2.32 bits per heavy atom. The molecule has 25 heavy (non-hydrogen) atoms. The summed E-state index contributed by atoms with van der Waals surface area (Å²) in [6, 6.07) is 9.91. The van der Waals surface area contributed by atoms with Crippen molar-refractivity contribution < 1.29 is 21.6 Å². The molecule has 0 aliphatic heterocycles. The molecule has 3 nitrogen and oxygen atoms in total. The third kappa shape index (κ3) is 4.22. The summed E-state index contributed by atoms with van der Waals surface area (Å²) in [5, 5.41) is 0. The van der Waals surface area contributed by atoms with E-state index in [9.17, 15) is 21.6 Å². The summed E-state index contributed by atoms with van der Waals surface area (Å²) in [6.45, 7) is 0.130. The molecule has 0 bridgehead atoms. The number of aryl methyl sites for hydroxylation is 2. The van der Waals surface area contributed by atoms with E-state index in [1.807, 2.05) is 6.07 Å². The first-order chi connectivity index (χ1) is 11.8. The van der Waals surface area contributed by atoms with Gasteiger partial charge in [-0.05, 0) is 66.6 Å². The number of nitrogens with one attached hydrogen (secondary N) is 1. The Balaban J connectivity index is 1.61. The highest BCUT2D eigenvalue weighted by atomic mass is 32.2. The van der Waals surface area contributed by atoms with Crippen LogP contribution < -0.4 is 4.72 Å². The van der Waals surface area contributed by atoms with Gasteiger partial charge in [0, 0.05) is 6.54 Å². The van der Waals surface area contributed by atoms with Crippen molar-refractivity contribution in [1.82, 2.24) is 4.72 Å². The van der Waals surface area contributed by atoms with E-state index in [2.05, 4.69) is 4.72 Å². The normalized spacial score (nSPS) is 14.5. The highest BCUT2D eigenvalue weighted by Gasteiger charge is 2.29. The van der Waals surface area contributed by atoms with Crippen molar-refractivity contribution in [3.63, 3.8) is 0 Å². The van der Waals surface area contributed by atoms with E-state index in [-0.39, 0.29) is 11.4 Å². The first kappa shape index (κ1) is 17.9. The maximum Gasteiger partial charge on any atom is 0.416 e. The number of sulfonamides is 1. The zero-order chi connectivity index (χ0) is 18.1. The number of hydrogen-bond donors (Lipinski definition) is 1. The molecule has 1 N–H and O–H groups in total. The van der Waals surface area contributed by atoms with Crippen molar-refractivity contribution in [3.8, 4) is 0 Å². The molecule has 1 aliphatic rings. The molecule has 134 valence electrons. The lowest BCUT2D eigenvalue weighted by Gasteiger charge is -2.10. The molecule has 1 aliphatic carbocycles. The monoisotopic (exact) mass is 369 g/mol. The highest BCUT2D eigenvalue weighted by molar-refractivity contribution is 7.89. The Hall–Kier alpha value is -1.86. The lowest BCUT2D eigenvalue weighted by molar-refractivity contribution is -0.137. The first-order valence-corrected chi connectivity index (χ1v) is 9.52. The summed E-state index contributed by atoms with van der Waals surface area (Å²) in [4.78, 5) is 0.237. The van der Waals surface area contributed by atoms with Gasteiger partial charge in [0.05, 0.1) is 10.5 Å². The van der Waals surface area contributed by atoms with E-state index in [1.165, 1.54) is 17.7 Å². The molecule has 7 heteroatoms. The molecule has 2 aromatic carbocycles. The molecule has 3 rings (SSSR count). The van der Waals surface area contributed by atoms with Crippen LogP contribution in [0.2, 0.25) is 0 Å². The van der Waals surface area contributed by atoms with Gasteiger partial charge in [-0.15, -0.1) is 0 Å². The summed E-state index contributed by atoms with van der Waals surface area (Å²) >= 11 is 0. The summed E-state index contributed by atoms with van der Waals surface area (Å²) in [7, 11) is -3.61. The molecule has 0 unspecified atom stereocenters. The third-order valence-electron chi connectivity index (χ3n) is 4.37. The number of fused-ring (bicyclic) bond motifs is 1. The van der Waals surface area contributed by atoms with Gasteiger partial charge >= 0.3 is 6.18 Å². The molecule has 0 aromatic heterocycles. The lowest BCUT2D eigenvalue weighted by atomic mass is 10.1. The fourth-order valence-electron chi connectivity index (χ4n) is 2.99. The smallest absolute Gasteiger partial charge is 0.211 e. The minimum absolute atomic E-state index is 0.130. The number of halogens is 3. The highest BCUT2D eigenvalue weighted by Crippen LogP contribution is 2.29. The predicted molar refractivity (Wildman–Crippen MR) is 88.8 cm³/mol. The molecule has 0 saturated carbocycles. The second-order valence-electron chi connectivity index (χ2n) is 6.13. The van der Waals surface area contributed by atoms with Crippen LogP contribution in [0.1, 0.15) is 28.7 Å². The van der Waals surface area contributed by atoms with Crippen molar-refractivity contribution in [2.75, 3.05) is 6.54 Å². The van der Waals surface area contributed by atoms with E-state index in [4.69, 9.17) is 0 Å². The molecule has 0 heterocycles. The zero-order valence-corrected chi connectivity index (χ0v) is 14.3. The summed E-state index contributed by atoms with van der Waals surface area (Å²) in [5.74, 6) is 0. The second kappa shape index (κ2) is 6.80. The average molecular weight is 369 g/mol. The van der Waals surface area contributed by atoms with Gasteiger partial charge in [-0.25, -0.2) is 13.1 Å². The maximum absolute atomic E-state index is 12.5. The molecule has 0 saturated heterocycles. The van der Waals surface area contributed by atoms with E-state index < -0.39 is 21.8 Å². The molecule has 0 spiro atoms. The average Bonchev–Trinajstić information content (AvgIpc) is 3.02. The van der Waals surface area contributed by atoms with Crippen molar-refractivity contribution in [2.24, 2.45) is 0 Å². The van der Waals surface area contributed by atoms with Gasteiger partial charge in [-0.1, -0.05) is 18.2 Å². The van der Waals surface area contributed by atoms with Crippen LogP contribution in [0.5, 0.6) is 0 Å². The minimum atomic E-state index is -4.37. The Morgan fingerprint density at radius 2 is 1.64 bits per heavy atom. The molecule has 0 radical (unpaired) electrons. The van der Waals surface area contributed by atoms with Crippen LogP contribution in [0.3, 0.4) is 0 Å². The third-order valence-corrected chi connectivity index (χ3v) is 5.83. The molecular weight excluding hydrogens is 351 g/mol. The van der Waals surface area contributed by atoms with Gasteiger partial charge in [0.1, 0.15) is 0 Å². The standard InChI is InChI=1S/C18H18F3NO2S/c19-18(20,21)16-7-4-13(5-8-16)10-11-22-25(23,24)17-9-6-14-2-1-3-15(14)12-17/h4-9,12,22H,1-3,10-11H2. The number of hydrogen-bond acceptors (Lipinski definition) is 2. The second-order valence-corrected chi connectivity index (χ2v) is 7.89. The molecule has 2 aromatic rings. The largest absolute Gasteiger partial charge is 0.416 e. The van der Waals surface area contributed by atoms with Crippen LogP contribution >= 0.6 is 0 Å². The van der Waals surface area contributed by atoms with Gasteiger partial charge in [0.2, 0.25) is 10.0 Å². The predicted octanol–water partition coefficient (Wildman–Crippen LogP) is 3.72. The number of rotatable bonds is 5. The van der Waals surface area contributed by atoms with E-state index >= 15 is 0 Å².